The Morgan fingerprint density at radius 2 is 1.37 bits per heavy atom. The van der Waals surface area contributed by atoms with Crippen LogP contribution in [0.2, 0.25) is 0 Å². The van der Waals surface area contributed by atoms with Crippen LogP contribution in [-0.2, 0) is 9.59 Å². The van der Waals surface area contributed by atoms with Crippen molar-refractivity contribution in [1.29, 1.82) is 0 Å². The first-order chi connectivity index (χ1) is 8.43. The van der Waals surface area contributed by atoms with Crippen molar-refractivity contribution in [3.63, 3.8) is 0 Å². The van der Waals surface area contributed by atoms with Crippen molar-refractivity contribution in [3.8, 4) is 0 Å². The Morgan fingerprint density at radius 3 is 1.63 bits per heavy atom. The molecule has 104 valence electrons. The number of rotatable bonds is 1. The van der Waals surface area contributed by atoms with Gasteiger partial charge >= 0.3 is 0 Å². The van der Waals surface area contributed by atoms with Gasteiger partial charge in [-0.05, 0) is 34.6 Å². The molecule has 0 N–H and O–H groups in total. The van der Waals surface area contributed by atoms with Crippen LogP contribution in [-0.4, -0.2) is 11.8 Å². The molecule has 0 amide bonds. The molecule has 0 fully saturated rings. The Balaban J connectivity index is 3.43. The van der Waals surface area contributed by atoms with Crippen molar-refractivity contribution < 1.29 is 14.7 Å². The summed E-state index contributed by atoms with van der Waals surface area (Å²) in [5.74, 6) is -1.26. The van der Waals surface area contributed by atoms with Crippen LogP contribution in [0.5, 0.6) is 0 Å². The average Bonchev–Trinajstić information content (AvgIpc) is 2.16. The van der Waals surface area contributed by atoms with Gasteiger partial charge < -0.3 is 9.90 Å². The summed E-state index contributed by atoms with van der Waals surface area (Å²) in [6.07, 6.45) is 4.32. The van der Waals surface area contributed by atoms with Crippen molar-refractivity contribution in [3.05, 3.63) is 34.9 Å². The summed E-state index contributed by atoms with van der Waals surface area (Å²) in [6.45, 7) is 11.7. The van der Waals surface area contributed by atoms with Crippen LogP contribution in [0.15, 0.2) is 34.9 Å². The summed E-state index contributed by atoms with van der Waals surface area (Å²) < 4.78 is 0. The zero-order chi connectivity index (χ0) is 15.0. The first kappa shape index (κ1) is 15.4. The predicted molar refractivity (Wildman–Crippen MR) is 73.2 cm³/mol. The molecule has 0 radical (unpaired) electrons. The molecule has 0 aliphatic heterocycles. The minimum absolute atomic E-state index is 0.00417. The number of carbonyl (C=O) groups is 2. The van der Waals surface area contributed by atoms with Gasteiger partial charge in [0.2, 0.25) is 0 Å². The molecule has 0 saturated carbocycles. The summed E-state index contributed by atoms with van der Waals surface area (Å²) in [5.41, 5.74) is 1.12. The lowest BCUT2D eigenvalue weighted by Gasteiger charge is -2.31. The van der Waals surface area contributed by atoms with Crippen LogP contribution >= 0.6 is 0 Å². The molecule has 19 heavy (non-hydrogen) atoms. The maximum atomic E-state index is 12.5. The average molecular weight is 261 g/mol. The standard InChI is InChI=1S/C16H22O3/c1-15(2,3)11-7-10(9-13(17)18)8-12(14(11)19)16(4,5)6/h7-9H,1-6H3,(H,17,18)/p-1. The third kappa shape index (κ3) is 3.66. The molecule has 0 spiro atoms. The summed E-state index contributed by atoms with van der Waals surface area (Å²) in [6, 6.07) is 0. The molecule has 0 bridgehead atoms. The molecule has 0 aromatic carbocycles. The van der Waals surface area contributed by atoms with Gasteiger partial charge in [0.05, 0.1) is 5.97 Å². The highest BCUT2D eigenvalue weighted by Crippen LogP contribution is 2.38. The fourth-order valence-electron chi connectivity index (χ4n) is 1.98. The molecule has 1 rings (SSSR count). The van der Waals surface area contributed by atoms with Crippen LogP contribution in [0.3, 0.4) is 0 Å². The maximum absolute atomic E-state index is 12.5. The second kappa shape index (κ2) is 4.80. The molecule has 0 heterocycles. The summed E-state index contributed by atoms with van der Waals surface area (Å²) in [4.78, 5) is 23.3. The number of carbonyl (C=O) groups excluding carboxylic acids is 2. The van der Waals surface area contributed by atoms with Gasteiger partial charge in [-0.25, -0.2) is 0 Å². The van der Waals surface area contributed by atoms with Gasteiger partial charge in [0.25, 0.3) is 0 Å². The fraction of sp³-hybridized carbons (Fsp3) is 0.500. The second-order valence-corrected chi connectivity index (χ2v) is 6.91. The summed E-state index contributed by atoms with van der Waals surface area (Å²) in [5, 5.41) is 10.7. The van der Waals surface area contributed by atoms with E-state index < -0.39 is 5.97 Å². The smallest absolute Gasteiger partial charge is 0.186 e. The SMILES string of the molecule is CC(C)(C)C1=CC(=CC(=O)[O-])C=C(C(C)(C)C)C1=O. The zero-order valence-electron chi connectivity index (χ0n) is 12.5. The lowest BCUT2D eigenvalue weighted by molar-refractivity contribution is -0.297. The Morgan fingerprint density at radius 1 is 1.00 bits per heavy atom. The van der Waals surface area contributed by atoms with E-state index in [2.05, 4.69) is 0 Å². The molecule has 1 aliphatic rings. The number of hydrogen-bond acceptors (Lipinski definition) is 3. The van der Waals surface area contributed by atoms with Gasteiger partial charge in [0.15, 0.2) is 5.78 Å². The third-order valence-electron chi connectivity index (χ3n) is 3.01. The lowest BCUT2D eigenvalue weighted by atomic mass is 9.72. The monoisotopic (exact) mass is 261 g/mol. The van der Waals surface area contributed by atoms with Crippen molar-refractivity contribution in [2.24, 2.45) is 10.8 Å². The highest BCUT2D eigenvalue weighted by Gasteiger charge is 2.33. The molecule has 0 atom stereocenters. The highest BCUT2D eigenvalue weighted by atomic mass is 16.4. The van der Waals surface area contributed by atoms with E-state index in [1.807, 2.05) is 41.5 Å². The molecule has 3 heteroatoms. The van der Waals surface area contributed by atoms with Gasteiger partial charge in [-0.2, -0.15) is 0 Å². The van der Waals surface area contributed by atoms with Gasteiger partial charge in [0, 0.05) is 11.1 Å². The number of aliphatic carboxylic acids is 1. The van der Waals surface area contributed by atoms with Crippen LogP contribution < -0.4 is 5.11 Å². The quantitative estimate of drug-likeness (QED) is 0.680. The number of allylic oxidation sites excluding steroid dienone is 5. The van der Waals surface area contributed by atoms with Crippen LogP contribution in [0.4, 0.5) is 0 Å². The van der Waals surface area contributed by atoms with Crippen LogP contribution in [0, 0.1) is 10.8 Å². The zero-order valence-corrected chi connectivity index (χ0v) is 12.5. The molecule has 0 saturated heterocycles. The van der Waals surface area contributed by atoms with E-state index in [0.717, 1.165) is 6.08 Å². The maximum Gasteiger partial charge on any atom is 0.186 e. The molecule has 3 nitrogen and oxygen atoms in total. The molecule has 0 unspecified atom stereocenters. The number of Topliss-reactive ketones (excluding diaryl/α,β-unsaturated/α-hetero) is 1. The molecule has 1 aliphatic carbocycles. The molecular formula is C16H21O3-. The van der Waals surface area contributed by atoms with Crippen molar-refractivity contribution in [2.45, 2.75) is 41.5 Å². The van der Waals surface area contributed by atoms with E-state index >= 15 is 0 Å². The number of hydrogen-bond donors (Lipinski definition) is 0. The number of ketones is 1. The molecule has 0 aromatic heterocycles. The second-order valence-electron chi connectivity index (χ2n) is 6.91. The Kier molecular flexibility index (Phi) is 3.89. The van der Waals surface area contributed by atoms with Crippen LogP contribution in [0.1, 0.15) is 41.5 Å². The fourth-order valence-corrected chi connectivity index (χ4v) is 1.98. The molecular weight excluding hydrogens is 240 g/mol. The predicted octanol–water partition coefficient (Wildman–Crippen LogP) is 2.19. The first-order valence-corrected chi connectivity index (χ1v) is 6.34. The van der Waals surface area contributed by atoms with E-state index in [0.29, 0.717) is 16.7 Å². The Hall–Kier alpha value is -1.64. The van der Waals surface area contributed by atoms with Gasteiger partial charge in [0.1, 0.15) is 0 Å². The first-order valence-electron chi connectivity index (χ1n) is 6.34. The van der Waals surface area contributed by atoms with Crippen molar-refractivity contribution in [2.75, 3.05) is 0 Å². The topological polar surface area (TPSA) is 57.2 Å². The summed E-state index contributed by atoms with van der Waals surface area (Å²) >= 11 is 0. The van der Waals surface area contributed by atoms with E-state index in [4.69, 9.17) is 0 Å². The van der Waals surface area contributed by atoms with Crippen molar-refractivity contribution >= 4 is 11.8 Å². The number of carboxylic acid groups (broad SMARTS) is 1. The minimum Gasteiger partial charge on any atom is -0.545 e. The van der Waals surface area contributed by atoms with Crippen LogP contribution in [0.25, 0.3) is 0 Å². The third-order valence-corrected chi connectivity index (χ3v) is 3.01. The number of carboxylic acids is 1. The van der Waals surface area contributed by atoms with E-state index in [1.165, 1.54) is 0 Å². The van der Waals surface area contributed by atoms with E-state index in [1.54, 1.807) is 12.2 Å². The van der Waals surface area contributed by atoms with Gasteiger partial charge in [-0.1, -0.05) is 41.5 Å². The minimum atomic E-state index is -1.25. The van der Waals surface area contributed by atoms with Crippen molar-refractivity contribution in [1.82, 2.24) is 0 Å². The van der Waals surface area contributed by atoms with Gasteiger partial charge in [-0.3, -0.25) is 4.79 Å². The Bertz CT molecular complexity index is 467. The largest absolute Gasteiger partial charge is 0.545 e. The van der Waals surface area contributed by atoms with Gasteiger partial charge in [-0.15, -0.1) is 0 Å². The highest BCUT2D eigenvalue weighted by molar-refractivity contribution is 6.12. The Labute approximate surface area is 114 Å². The normalized spacial score (nSPS) is 16.9. The summed E-state index contributed by atoms with van der Waals surface area (Å²) in [7, 11) is 0. The van der Waals surface area contributed by atoms with E-state index in [-0.39, 0.29) is 16.6 Å². The lowest BCUT2D eigenvalue weighted by Crippen LogP contribution is -2.28. The molecule has 0 aromatic rings. The van der Waals surface area contributed by atoms with E-state index in [9.17, 15) is 14.7 Å².